The molecule has 2 heterocycles. The summed E-state index contributed by atoms with van der Waals surface area (Å²) in [6.07, 6.45) is 3.84. The molecule has 0 spiro atoms. The number of carbonyl (C=O) groups excluding carboxylic acids is 2. The van der Waals surface area contributed by atoms with Crippen LogP contribution in [0, 0.1) is 5.82 Å². The first-order chi connectivity index (χ1) is 14.4. The molecule has 10 heteroatoms. The summed E-state index contributed by atoms with van der Waals surface area (Å²) in [5.41, 5.74) is 0.729. The molecule has 7 nitrogen and oxygen atoms in total. The molecular weight excluding hydrogens is 432 g/mol. The molecule has 154 valence electrons. The fourth-order valence-corrected chi connectivity index (χ4v) is 3.80. The summed E-state index contributed by atoms with van der Waals surface area (Å²) in [5, 5.41) is 7.21. The first-order valence-corrected chi connectivity index (χ1v) is 9.91. The molecule has 1 atom stereocenters. The molecule has 4 rings (SSSR count). The molecule has 1 N–H and O–H groups in total. The minimum atomic E-state index is -0.689. The second-order valence-electron chi connectivity index (χ2n) is 6.78. The lowest BCUT2D eigenvalue weighted by Crippen LogP contribution is -2.43. The summed E-state index contributed by atoms with van der Waals surface area (Å²) in [5.74, 6) is -1.33. The number of carbonyl (C=O) groups is 2. The van der Waals surface area contributed by atoms with Gasteiger partial charge in [0.1, 0.15) is 24.4 Å². The van der Waals surface area contributed by atoms with E-state index in [1.54, 1.807) is 18.2 Å². The zero-order chi connectivity index (χ0) is 21.3. The van der Waals surface area contributed by atoms with Crippen molar-refractivity contribution in [1.29, 1.82) is 0 Å². The van der Waals surface area contributed by atoms with Gasteiger partial charge in [-0.2, -0.15) is 5.10 Å². The number of amides is 2. The van der Waals surface area contributed by atoms with E-state index in [1.165, 1.54) is 40.4 Å². The van der Waals surface area contributed by atoms with Gasteiger partial charge in [-0.05, 0) is 49.2 Å². The van der Waals surface area contributed by atoms with E-state index >= 15 is 0 Å². The summed E-state index contributed by atoms with van der Waals surface area (Å²) in [7, 11) is 0. The third-order valence-electron chi connectivity index (χ3n) is 4.86. The molecule has 1 fully saturated rings. The van der Waals surface area contributed by atoms with Crippen molar-refractivity contribution in [1.82, 2.24) is 19.7 Å². The Bertz CT molecular complexity index is 1110. The van der Waals surface area contributed by atoms with Gasteiger partial charge in [-0.15, -0.1) is 0 Å². The molecule has 2 amide bonds. The number of hydrogen-bond donors (Lipinski definition) is 1. The van der Waals surface area contributed by atoms with Crippen LogP contribution in [0.4, 0.5) is 10.1 Å². The van der Waals surface area contributed by atoms with Crippen LogP contribution in [-0.2, 0) is 4.79 Å². The number of halogens is 3. The number of hydrogen-bond acceptors (Lipinski definition) is 4. The largest absolute Gasteiger partial charge is 0.327 e. The zero-order valence-corrected chi connectivity index (χ0v) is 17.1. The van der Waals surface area contributed by atoms with Crippen molar-refractivity contribution in [3.05, 3.63) is 70.5 Å². The van der Waals surface area contributed by atoms with E-state index in [1.807, 2.05) is 0 Å². The van der Waals surface area contributed by atoms with Crippen molar-refractivity contribution < 1.29 is 14.0 Å². The fourth-order valence-electron chi connectivity index (χ4n) is 3.43. The molecule has 1 saturated heterocycles. The second kappa shape index (κ2) is 8.41. The maximum atomic E-state index is 14.4. The highest BCUT2D eigenvalue weighted by Gasteiger charge is 2.35. The molecule has 2 aromatic carbocycles. The number of rotatable bonds is 4. The first kappa shape index (κ1) is 20.3. The second-order valence-corrected chi connectivity index (χ2v) is 7.62. The summed E-state index contributed by atoms with van der Waals surface area (Å²) < 4.78 is 15.7. The van der Waals surface area contributed by atoms with Gasteiger partial charge in [0, 0.05) is 17.3 Å². The van der Waals surface area contributed by atoms with Gasteiger partial charge in [-0.25, -0.2) is 14.1 Å². The van der Waals surface area contributed by atoms with Gasteiger partial charge in [0.2, 0.25) is 5.91 Å². The highest BCUT2D eigenvalue weighted by Crippen LogP contribution is 2.27. The third kappa shape index (κ3) is 4.01. The SMILES string of the molecule is O=C(Nc1ccc(-n2cncn2)c(F)c1)C1CCCN1C(=O)c1cc(Cl)ccc1Cl. The van der Waals surface area contributed by atoms with Crippen molar-refractivity contribution in [2.24, 2.45) is 0 Å². The molecule has 0 saturated carbocycles. The molecule has 0 aliphatic carbocycles. The van der Waals surface area contributed by atoms with E-state index in [9.17, 15) is 14.0 Å². The number of likely N-dealkylation sites (tertiary alicyclic amines) is 1. The number of nitrogens with zero attached hydrogens (tertiary/aromatic N) is 4. The van der Waals surface area contributed by atoms with Crippen LogP contribution in [0.25, 0.3) is 5.69 Å². The molecule has 0 bridgehead atoms. The lowest BCUT2D eigenvalue weighted by Gasteiger charge is -2.24. The van der Waals surface area contributed by atoms with E-state index in [0.29, 0.717) is 24.4 Å². The maximum Gasteiger partial charge on any atom is 0.256 e. The molecule has 1 unspecified atom stereocenters. The Balaban J connectivity index is 1.51. The Morgan fingerprint density at radius 3 is 2.73 bits per heavy atom. The Morgan fingerprint density at radius 1 is 1.17 bits per heavy atom. The van der Waals surface area contributed by atoms with Crippen LogP contribution in [-0.4, -0.2) is 44.1 Å². The molecule has 3 aromatic rings. The lowest BCUT2D eigenvalue weighted by atomic mass is 10.1. The first-order valence-electron chi connectivity index (χ1n) is 9.15. The topological polar surface area (TPSA) is 80.1 Å². The van der Waals surface area contributed by atoms with Crippen molar-refractivity contribution in [2.75, 3.05) is 11.9 Å². The fraction of sp³-hybridized carbons (Fsp3) is 0.200. The molecule has 1 aliphatic heterocycles. The quantitative estimate of drug-likeness (QED) is 0.656. The number of aromatic nitrogens is 3. The summed E-state index contributed by atoms with van der Waals surface area (Å²) >= 11 is 12.1. The van der Waals surface area contributed by atoms with E-state index < -0.39 is 17.8 Å². The van der Waals surface area contributed by atoms with Crippen molar-refractivity contribution in [3.8, 4) is 5.69 Å². The van der Waals surface area contributed by atoms with Gasteiger partial charge in [-0.3, -0.25) is 9.59 Å². The van der Waals surface area contributed by atoms with Gasteiger partial charge in [0.25, 0.3) is 5.91 Å². The summed E-state index contributed by atoms with van der Waals surface area (Å²) in [6.45, 7) is 0.416. The normalized spacial score (nSPS) is 16.0. The Hall–Kier alpha value is -2.97. The molecule has 1 aromatic heterocycles. The zero-order valence-electron chi connectivity index (χ0n) is 15.6. The number of nitrogens with one attached hydrogen (secondary N) is 1. The van der Waals surface area contributed by atoms with Crippen molar-refractivity contribution >= 4 is 40.7 Å². The minimum absolute atomic E-state index is 0.207. The van der Waals surface area contributed by atoms with E-state index in [2.05, 4.69) is 15.4 Å². The summed E-state index contributed by atoms with van der Waals surface area (Å²) in [4.78, 5) is 31.0. The average molecular weight is 448 g/mol. The predicted molar refractivity (Wildman–Crippen MR) is 110 cm³/mol. The van der Waals surface area contributed by atoms with Crippen LogP contribution in [0.2, 0.25) is 10.0 Å². The van der Waals surface area contributed by atoms with Crippen molar-refractivity contribution in [2.45, 2.75) is 18.9 Å². The predicted octanol–water partition coefficient (Wildman–Crippen LogP) is 3.96. The number of benzene rings is 2. The standard InChI is InChI=1S/C20H16Cl2FN5O2/c21-12-3-5-15(22)14(8-12)20(30)27-7-1-2-18(27)19(29)26-13-4-6-17(16(23)9-13)28-11-24-10-25-28/h3-6,8-11,18H,1-2,7H2,(H,26,29). The smallest absolute Gasteiger partial charge is 0.256 e. The van der Waals surface area contributed by atoms with Crippen LogP contribution >= 0.6 is 23.2 Å². The molecule has 1 aliphatic rings. The van der Waals surface area contributed by atoms with Gasteiger partial charge in [0.05, 0.1) is 10.6 Å². The summed E-state index contributed by atoms with van der Waals surface area (Å²) in [6, 6.07) is 8.18. The molecular formula is C20H16Cl2FN5O2. The van der Waals surface area contributed by atoms with Gasteiger partial charge in [0.15, 0.2) is 5.82 Å². The average Bonchev–Trinajstić information content (AvgIpc) is 3.41. The Morgan fingerprint density at radius 2 is 2.00 bits per heavy atom. The third-order valence-corrected chi connectivity index (χ3v) is 5.42. The van der Waals surface area contributed by atoms with E-state index in [0.717, 1.165) is 0 Å². The Kier molecular flexibility index (Phi) is 5.69. The van der Waals surface area contributed by atoms with Gasteiger partial charge < -0.3 is 10.2 Å². The molecule has 0 radical (unpaired) electrons. The van der Waals surface area contributed by atoms with E-state index in [-0.39, 0.29) is 27.9 Å². The highest BCUT2D eigenvalue weighted by atomic mass is 35.5. The van der Waals surface area contributed by atoms with Crippen LogP contribution in [0.5, 0.6) is 0 Å². The van der Waals surface area contributed by atoms with Crippen LogP contribution in [0.15, 0.2) is 49.1 Å². The maximum absolute atomic E-state index is 14.4. The number of anilines is 1. The highest BCUT2D eigenvalue weighted by molar-refractivity contribution is 6.35. The minimum Gasteiger partial charge on any atom is -0.327 e. The van der Waals surface area contributed by atoms with Crippen LogP contribution in [0.3, 0.4) is 0 Å². The van der Waals surface area contributed by atoms with Gasteiger partial charge in [-0.1, -0.05) is 23.2 Å². The van der Waals surface area contributed by atoms with Crippen LogP contribution in [0.1, 0.15) is 23.2 Å². The molecule has 30 heavy (non-hydrogen) atoms. The Labute approximate surface area is 181 Å². The van der Waals surface area contributed by atoms with Gasteiger partial charge >= 0.3 is 0 Å². The van der Waals surface area contributed by atoms with E-state index in [4.69, 9.17) is 23.2 Å². The monoisotopic (exact) mass is 447 g/mol. The van der Waals surface area contributed by atoms with Crippen LogP contribution < -0.4 is 5.32 Å². The van der Waals surface area contributed by atoms with Crippen molar-refractivity contribution in [3.63, 3.8) is 0 Å². The lowest BCUT2D eigenvalue weighted by molar-refractivity contribution is -0.119.